The Labute approximate surface area is 90.8 Å². The monoisotopic (exact) mass is 260 g/mol. The molecule has 0 saturated carbocycles. The second-order valence-electron chi connectivity index (χ2n) is 4.19. The lowest BCUT2D eigenvalue weighted by Crippen LogP contribution is -2.12. The second-order valence-corrected chi connectivity index (χ2v) is 4.98. The molecular weight excluding hydrogens is 248 g/mol. The summed E-state index contributed by atoms with van der Waals surface area (Å²) in [4.78, 5) is 10.5. The highest BCUT2D eigenvalue weighted by atomic mass is 79.9. The van der Waals surface area contributed by atoms with Crippen molar-refractivity contribution in [3.8, 4) is 0 Å². The van der Waals surface area contributed by atoms with Crippen LogP contribution in [0.1, 0.15) is 32.2 Å². The summed E-state index contributed by atoms with van der Waals surface area (Å²) < 4.78 is 0.771. The molecule has 0 aromatic carbocycles. The standard InChI is InChI=1S/C9H13BrN2O2/c1-9(2,3)8-7(10)5(11-12-8)4-6(13)14/h4H2,1-3H3,(H,11,12)(H,13,14). The molecule has 2 N–H and O–H groups in total. The van der Waals surface area contributed by atoms with Crippen LogP contribution < -0.4 is 0 Å². The summed E-state index contributed by atoms with van der Waals surface area (Å²) in [6, 6.07) is 0. The van der Waals surface area contributed by atoms with Gasteiger partial charge >= 0.3 is 5.97 Å². The van der Waals surface area contributed by atoms with Crippen molar-refractivity contribution in [3.63, 3.8) is 0 Å². The lowest BCUT2D eigenvalue weighted by molar-refractivity contribution is -0.136. The van der Waals surface area contributed by atoms with Gasteiger partial charge in [0.2, 0.25) is 0 Å². The Kier molecular flexibility index (Phi) is 2.99. The van der Waals surface area contributed by atoms with Crippen LogP contribution in [-0.4, -0.2) is 21.3 Å². The normalized spacial score (nSPS) is 11.7. The highest BCUT2D eigenvalue weighted by molar-refractivity contribution is 9.10. The van der Waals surface area contributed by atoms with Crippen molar-refractivity contribution in [2.75, 3.05) is 0 Å². The first-order valence-electron chi connectivity index (χ1n) is 4.27. The zero-order chi connectivity index (χ0) is 10.9. The van der Waals surface area contributed by atoms with Crippen molar-refractivity contribution in [2.24, 2.45) is 0 Å². The molecule has 0 atom stereocenters. The molecule has 1 rings (SSSR count). The van der Waals surface area contributed by atoms with E-state index in [1.165, 1.54) is 0 Å². The Hall–Kier alpha value is -0.840. The number of H-pyrrole nitrogens is 1. The zero-order valence-electron chi connectivity index (χ0n) is 8.39. The van der Waals surface area contributed by atoms with Crippen LogP contribution in [0.15, 0.2) is 4.47 Å². The van der Waals surface area contributed by atoms with Gasteiger partial charge in [0.15, 0.2) is 0 Å². The molecule has 1 aromatic rings. The summed E-state index contributed by atoms with van der Waals surface area (Å²) in [6.07, 6.45) is -0.0380. The molecule has 0 fully saturated rings. The maximum absolute atomic E-state index is 10.5. The van der Waals surface area contributed by atoms with Gasteiger partial charge in [-0.15, -0.1) is 0 Å². The Bertz CT molecular complexity index is 352. The predicted molar refractivity (Wildman–Crippen MR) is 56.3 cm³/mol. The topological polar surface area (TPSA) is 66.0 Å². The fourth-order valence-electron chi connectivity index (χ4n) is 1.13. The van der Waals surface area contributed by atoms with E-state index in [1.807, 2.05) is 20.8 Å². The SMILES string of the molecule is CC(C)(C)c1n[nH]c(CC(=O)O)c1Br. The maximum atomic E-state index is 10.5. The van der Waals surface area contributed by atoms with Crippen LogP contribution in [0.25, 0.3) is 0 Å². The molecule has 1 heterocycles. The van der Waals surface area contributed by atoms with Crippen LogP contribution in [0.3, 0.4) is 0 Å². The van der Waals surface area contributed by atoms with Crippen molar-refractivity contribution in [2.45, 2.75) is 32.6 Å². The van der Waals surface area contributed by atoms with E-state index in [-0.39, 0.29) is 11.8 Å². The molecule has 0 spiro atoms. The van der Waals surface area contributed by atoms with E-state index >= 15 is 0 Å². The van der Waals surface area contributed by atoms with E-state index in [1.54, 1.807) is 0 Å². The minimum Gasteiger partial charge on any atom is -0.481 e. The molecule has 0 aliphatic heterocycles. The Balaban J connectivity index is 3.03. The van der Waals surface area contributed by atoms with Crippen molar-refractivity contribution in [1.29, 1.82) is 0 Å². The van der Waals surface area contributed by atoms with Crippen molar-refractivity contribution >= 4 is 21.9 Å². The molecule has 14 heavy (non-hydrogen) atoms. The van der Waals surface area contributed by atoms with Gasteiger partial charge in [0.1, 0.15) is 0 Å². The lowest BCUT2D eigenvalue weighted by atomic mass is 9.92. The number of aromatic nitrogens is 2. The molecular formula is C9H13BrN2O2. The number of halogens is 1. The first-order chi connectivity index (χ1) is 6.32. The largest absolute Gasteiger partial charge is 0.481 e. The summed E-state index contributed by atoms with van der Waals surface area (Å²) in [5.41, 5.74) is 1.38. The van der Waals surface area contributed by atoms with E-state index in [9.17, 15) is 4.79 Å². The van der Waals surface area contributed by atoms with Gasteiger partial charge in [0.25, 0.3) is 0 Å². The number of nitrogens with zero attached hydrogens (tertiary/aromatic N) is 1. The molecule has 0 unspecified atom stereocenters. The number of rotatable bonds is 2. The molecule has 5 heteroatoms. The average Bonchev–Trinajstić information content (AvgIpc) is 2.30. The number of carbonyl (C=O) groups is 1. The van der Waals surface area contributed by atoms with Crippen molar-refractivity contribution in [1.82, 2.24) is 10.2 Å². The molecule has 0 aliphatic carbocycles. The van der Waals surface area contributed by atoms with Crippen LogP contribution in [-0.2, 0) is 16.6 Å². The van der Waals surface area contributed by atoms with Crippen LogP contribution in [0.2, 0.25) is 0 Å². The minimum absolute atomic E-state index is 0.0380. The molecule has 78 valence electrons. The fraction of sp³-hybridized carbons (Fsp3) is 0.556. The molecule has 0 saturated heterocycles. The van der Waals surface area contributed by atoms with Crippen molar-refractivity contribution in [3.05, 3.63) is 15.9 Å². The summed E-state index contributed by atoms with van der Waals surface area (Å²) in [5, 5.41) is 15.5. The maximum Gasteiger partial charge on any atom is 0.309 e. The average molecular weight is 261 g/mol. The van der Waals surface area contributed by atoms with Gasteiger partial charge in [0.05, 0.1) is 22.3 Å². The third kappa shape index (κ3) is 2.35. The third-order valence-electron chi connectivity index (χ3n) is 1.81. The number of carboxylic acid groups (broad SMARTS) is 1. The number of nitrogens with one attached hydrogen (secondary N) is 1. The zero-order valence-corrected chi connectivity index (χ0v) is 9.97. The number of hydrogen-bond acceptors (Lipinski definition) is 2. The van der Waals surface area contributed by atoms with Gasteiger partial charge in [-0.3, -0.25) is 9.89 Å². The summed E-state index contributed by atoms with van der Waals surface area (Å²) in [6.45, 7) is 6.08. The lowest BCUT2D eigenvalue weighted by Gasteiger charge is -2.15. The molecule has 0 amide bonds. The predicted octanol–water partition coefficient (Wildman–Crippen LogP) is 2.10. The van der Waals surface area contributed by atoms with E-state index < -0.39 is 5.97 Å². The molecule has 0 radical (unpaired) electrons. The third-order valence-corrected chi connectivity index (χ3v) is 2.67. The van der Waals surface area contributed by atoms with Crippen LogP contribution >= 0.6 is 15.9 Å². The summed E-state index contributed by atoms with van der Waals surface area (Å²) >= 11 is 3.36. The van der Waals surface area contributed by atoms with E-state index in [0.717, 1.165) is 10.2 Å². The quantitative estimate of drug-likeness (QED) is 0.856. The Morgan fingerprint density at radius 3 is 2.50 bits per heavy atom. The highest BCUT2D eigenvalue weighted by Crippen LogP contribution is 2.30. The fourth-order valence-corrected chi connectivity index (χ4v) is 2.04. The second kappa shape index (κ2) is 3.73. The van der Waals surface area contributed by atoms with Crippen LogP contribution in [0, 0.1) is 0 Å². The van der Waals surface area contributed by atoms with Crippen LogP contribution in [0.5, 0.6) is 0 Å². The summed E-state index contributed by atoms with van der Waals surface area (Å²) in [5.74, 6) is -0.866. The number of aromatic amines is 1. The number of aliphatic carboxylic acids is 1. The van der Waals surface area contributed by atoms with E-state index in [2.05, 4.69) is 26.1 Å². The number of carboxylic acids is 1. The van der Waals surface area contributed by atoms with Crippen molar-refractivity contribution < 1.29 is 9.90 Å². The van der Waals surface area contributed by atoms with Gasteiger partial charge in [-0.25, -0.2) is 0 Å². The van der Waals surface area contributed by atoms with Gasteiger partial charge in [0, 0.05) is 5.41 Å². The minimum atomic E-state index is -0.866. The van der Waals surface area contributed by atoms with Gasteiger partial charge in [-0.1, -0.05) is 20.8 Å². The first kappa shape index (κ1) is 11.2. The molecule has 0 aliphatic rings. The molecule has 0 bridgehead atoms. The highest BCUT2D eigenvalue weighted by Gasteiger charge is 2.23. The summed E-state index contributed by atoms with van der Waals surface area (Å²) in [7, 11) is 0. The molecule has 1 aromatic heterocycles. The van der Waals surface area contributed by atoms with E-state index in [0.29, 0.717) is 5.69 Å². The van der Waals surface area contributed by atoms with Gasteiger partial charge < -0.3 is 5.11 Å². The van der Waals surface area contributed by atoms with E-state index in [4.69, 9.17) is 5.11 Å². The Morgan fingerprint density at radius 2 is 2.14 bits per heavy atom. The number of hydrogen-bond donors (Lipinski definition) is 2. The molecule has 4 nitrogen and oxygen atoms in total. The van der Waals surface area contributed by atoms with Gasteiger partial charge in [-0.2, -0.15) is 5.10 Å². The smallest absolute Gasteiger partial charge is 0.309 e. The first-order valence-corrected chi connectivity index (χ1v) is 5.06. The van der Waals surface area contributed by atoms with Crippen LogP contribution in [0.4, 0.5) is 0 Å². The Morgan fingerprint density at radius 1 is 1.57 bits per heavy atom. The van der Waals surface area contributed by atoms with Gasteiger partial charge in [-0.05, 0) is 15.9 Å².